The van der Waals surface area contributed by atoms with E-state index in [1.807, 2.05) is 41.4 Å². The van der Waals surface area contributed by atoms with E-state index in [4.69, 9.17) is 4.74 Å². The number of likely N-dealkylation sites (N-methyl/N-ethyl adjacent to an activating group) is 1. The number of hydrogen-bond acceptors (Lipinski definition) is 4. The van der Waals surface area contributed by atoms with Gasteiger partial charge in [-0.25, -0.2) is 4.68 Å². The Balaban J connectivity index is 1.56. The van der Waals surface area contributed by atoms with Crippen molar-refractivity contribution < 1.29 is 9.53 Å². The van der Waals surface area contributed by atoms with E-state index in [0.29, 0.717) is 12.5 Å². The SMILES string of the molecule is CN1C[C@@H]2COC[C@H](C1)N(C(=O)c1ccc(-n3cccn3)cc1)C2. The van der Waals surface area contributed by atoms with Gasteiger partial charge in [0.05, 0.1) is 24.9 Å². The van der Waals surface area contributed by atoms with Gasteiger partial charge in [-0.1, -0.05) is 0 Å². The van der Waals surface area contributed by atoms with E-state index >= 15 is 0 Å². The van der Waals surface area contributed by atoms with Crippen LogP contribution in [0.25, 0.3) is 5.69 Å². The van der Waals surface area contributed by atoms with E-state index in [-0.39, 0.29) is 11.9 Å². The maximum absolute atomic E-state index is 13.0. The highest BCUT2D eigenvalue weighted by Crippen LogP contribution is 2.21. The van der Waals surface area contributed by atoms with E-state index in [1.165, 1.54) is 0 Å². The van der Waals surface area contributed by atoms with Gasteiger partial charge in [0.25, 0.3) is 5.91 Å². The first kappa shape index (κ1) is 15.4. The Morgan fingerprint density at radius 1 is 1.17 bits per heavy atom. The predicted molar refractivity (Wildman–Crippen MR) is 90.2 cm³/mol. The van der Waals surface area contributed by atoms with Gasteiger partial charge < -0.3 is 14.5 Å². The Morgan fingerprint density at radius 3 is 2.75 bits per heavy atom. The molecule has 3 heterocycles. The molecule has 2 saturated heterocycles. The lowest BCUT2D eigenvalue weighted by Crippen LogP contribution is -2.45. The Morgan fingerprint density at radius 2 is 2.00 bits per heavy atom. The number of benzene rings is 1. The number of hydrogen-bond donors (Lipinski definition) is 0. The Kier molecular flexibility index (Phi) is 4.08. The monoisotopic (exact) mass is 326 g/mol. The van der Waals surface area contributed by atoms with Crippen LogP contribution < -0.4 is 0 Å². The molecular formula is C18H22N4O2. The number of ether oxygens (including phenoxy) is 1. The van der Waals surface area contributed by atoms with Crippen molar-refractivity contribution in [1.82, 2.24) is 19.6 Å². The lowest BCUT2D eigenvalue weighted by Gasteiger charge is -2.29. The first-order chi connectivity index (χ1) is 11.7. The molecule has 1 aromatic heterocycles. The van der Waals surface area contributed by atoms with Crippen LogP contribution in [0.1, 0.15) is 10.4 Å². The van der Waals surface area contributed by atoms with Crippen molar-refractivity contribution >= 4 is 5.91 Å². The van der Waals surface area contributed by atoms with Gasteiger partial charge in [0.15, 0.2) is 0 Å². The number of carbonyl (C=O) groups is 1. The molecular weight excluding hydrogens is 304 g/mol. The molecule has 4 rings (SSSR count). The maximum atomic E-state index is 13.0. The van der Waals surface area contributed by atoms with Crippen LogP contribution in [0.5, 0.6) is 0 Å². The zero-order valence-corrected chi connectivity index (χ0v) is 13.8. The van der Waals surface area contributed by atoms with E-state index in [1.54, 1.807) is 10.9 Å². The van der Waals surface area contributed by atoms with Crippen molar-refractivity contribution in [2.75, 3.05) is 39.9 Å². The fourth-order valence-electron chi connectivity index (χ4n) is 3.67. The molecule has 2 aliphatic rings. The second kappa shape index (κ2) is 6.37. The van der Waals surface area contributed by atoms with Crippen LogP contribution in [0.3, 0.4) is 0 Å². The predicted octanol–water partition coefficient (Wildman–Crippen LogP) is 1.27. The summed E-state index contributed by atoms with van der Waals surface area (Å²) in [4.78, 5) is 17.3. The summed E-state index contributed by atoms with van der Waals surface area (Å²) in [5.74, 6) is 0.479. The van der Waals surface area contributed by atoms with Crippen LogP contribution in [-0.2, 0) is 4.74 Å². The number of amides is 1. The minimum absolute atomic E-state index is 0.0952. The Hall–Kier alpha value is -2.18. The van der Waals surface area contributed by atoms with Crippen molar-refractivity contribution in [3.8, 4) is 5.69 Å². The zero-order valence-electron chi connectivity index (χ0n) is 13.8. The second-order valence-corrected chi connectivity index (χ2v) is 6.73. The van der Waals surface area contributed by atoms with Crippen molar-refractivity contribution in [3.05, 3.63) is 48.3 Å². The lowest BCUT2D eigenvalue weighted by atomic mass is 10.1. The topological polar surface area (TPSA) is 50.6 Å². The number of carbonyl (C=O) groups excluding carboxylic acids is 1. The average molecular weight is 326 g/mol. The molecule has 0 unspecified atom stereocenters. The van der Waals surface area contributed by atoms with Gasteiger partial charge >= 0.3 is 0 Å². The molecule has 0 spiro atoms. The van der Waals surface area contributed by atoms with Gasteiger partial charge in [-0.15, -0.1) is 0 Å². The number of aromatic nitrogens is 2. The molecule has 0 radical (unpaired) electrons. The summed E-state index contributed by atoms with van der Waals surface area (Å²) < 4.78 is 7.55. The Bertz CT molecular complexity index is 698. The molecule has 1 aromatic carbocycles. The molecule has 24 heavy (non-hydrogen) atoms. The summed E-state index contributed by atoms with van der Waals surface area (Å²) in [5.41, 5.74) is 1.68. The van der Waals surface area contributed by atoms with Gasteiger partial charge in [0.2, 0.25) is 0 Å². The summed E-state index contributed by atoms with van der Waals surface area (Å²) in [6.07, 6.45) is 3.63. The van der Waals surface area contributed by atoms with Crippen molar-refractivity contribution in [2.24, 2.45) is 5.92 Å². The highest BCUT2D eigenvalue weighted by Gasteiger charge is 2.35. The highest BCUT2D eigenvalue weighted by atomic mass is 16.5. The third-order valence-corrected chi connectivity index (χ3v) is 4.80. The molecule has 2 bridgehead atoms. The van der Waals surface area contributed by atoms with Crippen molar-refractivity contribution in [1.29, 1.82) is 0 Å². The van der Waals surface area contributed by atoms with Crippen LogP contribution in [0.2, 0.25) is 0 Å². The first-order valence-electron chi connectivity index (χ1n) is 8.38. The molecule has 0 aliphatic carbocycles. The molecule has 6 heteroatoms. The van der Waals surface area contributed by atoms with E-state index in [0.717, 1.165) is 37.5 Å². The van der Waals surface area contributed by atoms with E-state index < -0.39 is 0 Å². The standard InChI is InChI=1S/C18H22N4O2/c1-20-9-14-10-21(17(11-20)13-24-12-14)18(23)15-3-5-16(6-4-15)22-8-2-7-19-22/h2-8,14,17H,9-13H2,1H3/t14-,17-/m0/s1. The zero-order chi connectivity index (χ0) is 16.5. The number of nitrogens with zero attached hydrogens (tertiary/aromatic N) is 4. The van der Waals surface area contributed by atoms with Crippen LogP contribution in [0, 0.1) is 5.92 Å². The highest BCUT2D eigenvalue weighted by molar-refractivity contribution is 5.94. The fourth-order valence-corrected chi connectivity index (χ4v) is 3.67. The first-order valence-corrected chi connectivity index (χ1v) is 8.38. The van der Waals surface area contributed by atoms with E-state index in [2.05, 4.69) is 17.0 Å². The molecule has 2 aromatic rings. The molecule has 0 N–H and O–H groups in total. The Labute approximate surface area is 141 Å². The average Bonchev–Trinajstić information content (AvgIpc) is 2.98. The smallest absolute Gasteiger partial charge is 0.254 e. The molecule has 2 aliphatic heterocycles. The number of fused-ring (bicyclic) bond motifs is 3. The van der Waals surface area contributed by atoms with Crippen LogP contribution in [0.15, 0.2) is 42.7 Å². The number of rotatable bonds is 2. The van der Waals surface area contributed by atoms with Gasteiger partial charge in [-0.05, 0) is 37.4 Å². The normalized spacial score (nSPS) is 24.6. The van der Waals surface area contributed by atoms with Gasteiger partial charge in [0.1, 0.15) is 0 Å². The van der Waals surface area contributed by atoms with Gasteiger partial charge in [-0.3, -0.25) is 4.79 Å². The second-order valence-electron chi connectivity index (χ2n) is 6.73. The fraction of sp³-hybridized carbons (Fsp3) is 0.444. The summed E-state index contributed by atoms with van der Waals surface area (Å²) >= 11 is 0. The minimum Gasteiger partial charge on any atom is -0.379 e. The molecule has 6 nitrogen and oxygen atoms in total. The lowest BCUT2D eigenvalue weighted by molar-refractivity contribution is 0.0483. The summed E-state index contributed by atoms with van der Waals surface area (Å²) in [5, 5.41) is 4.21. The van der Waals surface area contributed by atoms with Crippen LogP contribution in [0.4, 0.5) is 0 Å². The summed E-state index contributed by atoms with van der Waals surface area (Å²) in [7, 11) is 2.12. The van der Waals surface area contributed by atoms with Crippen molar-refractivity contribution in [2.45, 2.75) is 6.04 Å². The van der Waals surface area contributed by atoms with Gasteiger partial charge in [-0.2, -0.15) is 5.10 Å². The van der Waals surface area contributed by atoms with Gasteiger partial charge in [0, 0.05) is 43.5 Å². The maximum Gasteiger partial charge on any atom is 0.254 e. The molecule has 126 valence electrons. The van der Waals surface area contributed by atoms with Crippen LogP contribution in [-0.4, -0.2) is 71.4 Å². The van der Waals surface area contributed by atoms with Crippen LogP contribution >= 0.6 is 0 Å². The van der Waals surface area contributed by atoms with Crippen molar-refractivity contribution in [3.63, 3.8) is 0 Å². The summed E-state index contributed by atoms with van der Waals surface area (Å²) in [6.45, 7) is 3.99. The molecule has 0 saturated carbocycles. The third-order valence-electron chi connectivity index (χ3n) is 4.80. The quantitative estimate of drug-likeness (QED) is 0.834. The molecule has 2 atom stereocenters. The largest absolute Gasteiger partial charge is 0.379 e. The summed E-state index contributed by atoms with van der Waals surface area (Å²) in [6, 6.07) is 9.66. The third kappa shape index (κ3) is 2.95. The molecule has 2 fully saturated rings. The minimum atomic E-state index is 0.0952. The van der Waals surface area contributed by atoms with E-state index in [9.17, 15) is 4.79 Å². The molecule has 1 amide bonds.